The summed E-state index contributed by atoms with van der Waals surface area (Å²) >= 11 is 0. The molecule has 174 valence electrons. The van der Waals surface area contributed by atoms with Gasteiger partial charge in [0.05, 0.1) is 0 Å². The number of hydrogen-bond donors (Lipinski definition) is 1. The van der Waals surface area contributed by atoms with Gasteiger partial charge in [-0.1, -0.05) is 26.8 Å². The number of nitrogens with one attached hydrogen (secondary N) is 1. The average Bonchev–Trinajstić information content (AvgIpc) is 2.77. The summed E-state index contributed by atoms with van der Waals surface area (Å²) in [5.74, 6) is -0.656. The summed E-state index contributed by atoms with van der Waals surface area (Å²) < 4.78 is 13.5. The molecule has 2 rings (SSSR count). The molecule has 0 spiro atoms. The molecule has 0 saturated heterocycles. The van der Waals surface area contributed by atoms with E-state index >= 15 is 0 Å². The largest absolute Gasteiger partial charge is 0.377 e. The van der Waals surface area contributed by atoms with Crippen molar-refractivity contribution < 1.29 is 14.0 Å². The summed E-state index contributed by atoms with van der Waals surface area (Å²) in [5, 5.41) is 2.86. The molecule has 0 radical (unpaired) electrons. The Labute approximate surface area is 191 Å². The Bertz CT molecular complexity index is 925. The molecule has 0 aromatic heterocycles. The second kappa shape index (κ2) is 11.7. The molecule has 2 aromatic rings. The first-order chi connectivity index (χ1) is 15.2. The van der Waals surface area contributed by atoms with Crippen LogP contribution >= 0.6 is 0 Å². The third kappa shape index (κ3) is 6.31. The highest BCUT2D eigenvalue weighted by Gasteiger charge is 2.26. The van der Waals surface area contributed by atoms with E-state index in [9.17, 15) is 14.0 Å². The van der Waals surface area contributed by atoms with E-state index in [0.717, 1.165) is 30.5 Å². The molecule has 5 nitrogen and oxygen atoms in total. The number of halogens is 1. The van der Waals surface area contributed by atoms with E-state index in [1.807, 2.05) is 42.1 Å². The third-order valence-electron chi connectivity index (χ3n) is 5.99. The van der Waals surface area contributed by atoms with Gasteiger partial charge >= 0.3 is 0 Å². The Morgan fingerprint density at radius 1 is 1.00 bits per heavy atom. The molecule has 6 heteroatoms. The summed E-state index contributed by atoms with van der Waals surface area (Å²) in [6.07, 6.45) is 2.48. The Hall–Kier alpha value is -2.89. The van der Waals surface area contributed by atoms with Gasteiger partial charge in [-0.15, -0.1) is 0 Å². The number of rotatable bonds is 10. The van der Waals surface area contributed by atoms with Gasteiger partial charge in [-0.25, -0.2) is 4.39 Å². The molecule has 1 atom stereocenters. The normalized spacial score (nSPS) is 11.9. The maximum absolute atomic E-state index is 13.5. The van der Waals surface area contributed by atoms with E-state index in [4.69, 9.17) is 0 Å². The van der Waals surface area contributed by atoms with Gasteiger partial charge in [-0.3, -0.25) is 9.59 Å². The van der Waals surface area contributed by atoms with Gasteiger partial charge in [0.2, 0.25) is 5.91 Å². The number of amides is 2. The van der Waals surface area contributed by atoms with Crippen LogP contribution in [0.5, 0.6) is 0 Å². The van der Waals surface area contributed by atoms with Gasteiger partial charge < -0.3 is 15.1 Å². The number of nitrogens with zero attached hydrogens (tertiary/aromatic N) is 2. The summed E-state index contributed by atoms with van der Waals surface area (Å²) in [6.45, 7) is 8.72. The number of hydrogen-bond acceptors (Lipinski definition) is 3. The van der Waals surface area contributed by atoms with Crippen LogP contribution < -0.4 is 10.2 Å². The van der Waals surface area contributed by atoms with Gasteiger partial charge in [0.15, 0.2) is 0 Å². The van der Waals surface area contributed by atoms with Crippen LogP contribution in [0.3, 0.4) is 0 Å². The van der Waals surface area contributed by atoms with Crippen molar-refractivity contribution in [1.29, 1.82) is 0 Å². The van der Waals surface area contributed by atoms with Crippen molar-refractivity contribution in [2.75, 3.05) is 24.3 Å². The van der Waals surface area contributed by atoms with Crippen LogP contribution in [0.25, 0.3) is 0 Å². The minimum Gasteiger partial charge on any atom is -0.377 e. The first kappa shape index (κ1) is 25.4. The lowest BCUT2D eigenvalue weighted by Gasteiger charge is -2.33. The van der Waals surface area contributed by atoms with Crippen LogP contribution in [0.2, 0.25) is 0 Å². The minimum absolute atomic E-state index is 0.00247. The molecule has 0 bridgehead atoms. The zero-order chi connectivity index (χ0) is 23.8. The van der Waals surface area contributed by atoms with E-state index in [1.54, 1.807) is 6.07 Å². The fourth-order valence-electron chi connectivity index (χ4n) is 3.79. The van der Waals surface area contributed by atoms with Crippen molar-refractivity contribution in [3.05, 3.63) is 59.4 Å². The molecule has 1 unspecified atom stereocenters. The SMILES string of the molecule is CCC(CC)C(=O)N(Cc1cc(NC(=O)c2cccc(F)c2)ccc1N(C)C)C(C)CC. The van der Waals surface area contributed by atoms with E-state index in [1.165, 1.54) is 18.2 Å². The van der Waals surface area contributed by atoms with Crippen molar-refractivity contribution >= 4 is 23.2 Å². The van der Waals surface area contributed by atoms with E-state index in [2.05, 4.69) is 33.0 Å². The third-order valence-corrected chi connectivity index (χ3v) is 5.99. The lowest BCUT2D eigenvalue weighted by Crippen LogP contribution is -2.41. The fourth-order valence-corrected chi connectivity index (χ4v) is 3.79. The molecule has 1 N–H and O–H groups in total. The quantitative estimate of drug-likeness (QED) is 0.514. The highest BCUT2D eigenvalue weighted by atomic mass is 19.1. The zero-order valence-corrected chi connectivity index (χ0v) is 20.1. The average molecular weight is 442 g/mol. The molecule has 0 aliphatic heterocycles. The number of carbonyl (C=O) groups is 2. The maximum atomic E-state index is 13.5. The molecule has 0 saturated carbocycles. The first-order valence-corrected chi connectivity index (χ1v) is 11.4. The minimum atomic E-state index is -0.453. The summed E-state index contributed by atoms with van der Waals surface area (Å²) in [7, 11) is 3.92. The monoisotopic (exact) mass is 441 g/mol. The second-order valence-electron chi connectivity index (χ2n) is 8.44. The maximum Gasteiger partial charge on any atom is 0.255 e. The van der Waals surface area contributed by atoms with Crippen LogP contribution in [0.15, 0.2) is 42.5 Å². The van der Waals surface area contributed by atoms with Crippen molar-refractivity contribution in [3.63, 3.8) is 0 Å². The molecule has 0 aliphatic rings. The molecular weight excluding hydrogens is 405 g/mol. The smallest absolute Gasteiger partial charge is 0.255 e. The predicted octanol–water partition coefficient (Wildman–Crippen LogP) is 5.71. The second-order valence-corrected chi connectivity index (χ2v) is 8.44. The summed E-state index contributed by atoms with van der Waals surface area (Å²) in [6, 6.07) is 11.4. The lowest BCUT2D eigenvalue weighted by atomic mass is 9.99. The van der Waals surface area contributed by atoms with Gasteiger partial charge in [-0.2, -0.15) is 0 Å². The van der Waals surface area contributed by atoms with Crippen LogP contribution in [0.4, 0.5) is 15.8 Å². The highest BCUT2D eigenvalue weighted by Crippen LogP contribution is 2.27. The molecule has 2 amide bonds. The molecule has 2 aromatic carbocycles. The van der Waals surface area contributed by atoms with Crippen LogP contribution in [-0.2, 0) is 11.3 Å². The van der Waals surface area contributed by atoms with Gasteiger partial charge in [0.1, 0.15) is 5.82 Å². The predicted molar refractivity (Wildman–Crippen MR) is 129 cm³/mol. The first-order valence-electron chi connectivity index (χ1n) is 11.4. The van der Waals surface area contributed by atoms with E-state index in [-0.39, 0.29) is 29.3 Å². The van der Waals surface area contributed by atoms with Crippen LogP contribution in [-0.4, -0.2) is 36.9 Å². The van der Waals surface area contributed by atoms with E-state index in [0.29, 0.717) is 12.2 Å². The molecular formula is C26H36FN3O2. The molecule has 0 heterocycles. The summed E-state index contributed by atoms with van der Waals surface area (Å²) in [5.41, 5.74) is 2.80. The zero-order valence-electron chi connectivity index (χ0n) is 20.1. The Morgan fingerprint density at radius 3 is 2.25 bits per heavy atom. The van der Waals surface area contributed by atoms with Crippen molar-refractivity contribution in [2.24, 2.45) is 5.92 Å². The fraction of sp³-hybridized carbons (Fsp3) is 0.462. The van der Waals surface area contributed by atoms with Crippen molar-refractivity contribution in [3.8, 4) is 0 Å². The number of anilines is 2. The summed E-state index contributed by atoms with van der Waals surface area (Å²) in [4.78, 5) is 29.8. The lowest BCUT2D eigenvalue weighted by molar-refractivity contribution is -0.138. The van der Waals surface area contributed by atoms with Crippen LogP contribution in [0.1, 0.15) is 62.9 Å². The highest BCUT2D eigenvalue weighted by molar-refractivity contribution is 6.04. The number of benzene rings is 2. The molecule has 32 heavy (non-hydrogen) atoms. The Kier molecular flexibility index (Phi) is 9.24. The van der Waals surface area contributed by atoms with E-state index < -0.39 is 5.82 Å². The topological polar surface area (TPSA) is 52.7 Å². The van der Waals surface area contributed by atoms with Gasteiger partial charge in [-0.05, 0) is 68.1 Å². The van der Waals surface area contributed by atoms with Gasteiger partial charge in [0, 0.05) is 49.5 Å². The van der Waals surface area contributed by atoms with Crippen molar-refractivity contribution in [1.82, 2.24) is 4.90 Å². The molecule has 0 aliphatic carbocycles. The van der Waals surface area contributed by atoms with Gasteiger partial charge in [0.25, 0.3) is 5.91 Å². The number of carbonyl (C=O) groups excluding carboxylic acids is 2. The standard InChI is InChI=1S/C26H36FN3O2/c1-7-18(4)30(26(32)19(8-2)9-3)17-21-16-23(13-14-24(21)29(5)6)28-25(31)20-11-10-12-22(27)15-20/h10-16,18-19H,7-9,17H2,1-6H3,(H,28,31). The van der Waals surface area contributed by atoms with Crippen molar-refractivity contribution in [2.45, 2.75) is 59.5 Å². The van der Waals surface area contributed by atoms with Crippen LogP contribution in [0, 0.1) is 11.7 Å². The molecule has 0 fully saturated rings. The Morgan fingerprint density at radius 2 is 1.69 bits per heavy atom. The Balaban J connectivity index is 2.37.